The Labute approximate surface area is 504 Å². The van der Waals surface area contributed by atoms with E-state index in [1.54, 1.807) is 0 Å². The van der Waals surface area contributed by atoms with Crippen molar-refractivity contribution in [1.29, 1.82) is 0 Å². The highest BCUT2D eigenvalue weighted by atomic mass is 31.2. The van der Waals surface area contributed by atoms with Gasteiger partial charge in [0.1, 0.15) is 19.8 Å². The molecule has 0 aromatic heterocycles. The Balaban J connectivity index is 4.17. The van der Waals surface area contributed by atoms with Crippen LogP contribution in [0, 0.1) is 0 Å². The third-order valence-corrected chi connectivity index (χ3v) is 14.6. The molecule has 0 heterocycles. The molecule has 0 rings (SSSR count). The molecule has 2 atom stereocenters. The van der Waals surface area contributed by atoms with Crippen molar-refractivity contribution in [3.8, 4) is 0 Å². The van der Waals surface area contributed by atoms with Crippen LogP contribution in [0.1, 0.15) is 258 Å². The van der Waals surface area contributed by atoms with Crippen LogP contribution in [0.2, 0.25) is 0 Å². The molecule has 0 saturated carbocycles. The van der Waals surface area contributed by atoms with Crippen LogP contribution in [0.4, 0.5) is 0 Å². The summed E-state index contributed by atoms with van der Waals surface area (Å²) < 4.78 is 34.2. The first-order valence-corrected chi connectivity index (χ1v) is 34.4. The highest BCUT2D eigenvalue weighted by Crippen LogP contribution is 2.38. The van der Waals surface area contributed by atoms with Gasteiger partial charge in [0.2, 0.25) is 0 Å². The van der Waals surface area contributed by atoms with Gasteiger partial charge >= 0.3 is 11.9 Å². The molecule has 0 saturated heterocycles. The van der Waals surface area contributed by atoms with Gasteiger partial charge < -0.3 is 27.9 Å². The first kappa shape index (κ1) is 78.1. The van der Waals surface area contributed by atoms with Gasteiger partial charge in [0.05, 0.1) is 27.7 Å². The van der Waals surface area contributed by atoms with Crippen LogP contribution in [-0.4, -0.2) is 70.0 Å². The van der Waals surface area contributed by atoms with E-state index in [9.17, 15) is 19.0 Å². The number of quaternary nitrogens is 1. The lowest BCUT2D eigenvalue weighted by Crippen LogP contribution is -2.37. The van der Waals surface area contributed by atoms with Crippen LogP contribution in [0.25, 0.3) is 0 Å². The number of hydrogen-bond donors (Lipinski definition) is 0. The van der Waals surface area contributed by atoms with Crippen molar-refractivity contribution < 1.29 is 42.1 Å². The fourth-order valence-electron chi connectivity index (χ4n) is 8.66. The van der Waals surface area contributed by atoms with E-state index in [4.69, 9.17) is 18.5 Å². The third-order valence-electron chi connectivity index (χ3n) is 13.7. The minimum absolute atomic E-state index is 0.0401. The number of hydrogen-bond acceptors (Lipinski definition) is 8. The molecule has 0 aliphatic heterocycles. The molecule has 468 valence electrons. The fourth-order valence-corrected chi connectivity index (χ4v) is 9.39. The zero-order valence-corrected chi connectivity index (χ0v) is 54.0. The number of esters is 2. The Morgan fingerprint density at radius 3 is 1.04 bits per heavy atom. The fraction of sp³-hybridized carbons (Fsp3) is 0.667. The van der Waals surface area contributed by atoms with Gasteiger partial charge in [0.25, 0.3) is 7.82 Å². The third kappa shape index (κ3) is 65.3. The molecule has 2 unspecified atom stereocenters. The Morgan fingerprint density at radius 2 is 0.695 bits per heavy atom. The van der Waals surface area contributed by atoms with Gasteiger partial charge in [0, 0.05) is 12.8 Å². The summed E-state index contributed by atoms with van der Waals surface area (Å²) in [4.78, 5) is 38.0. The van der Waals surface area contributed by atoms with Crippen molar-refractivity contribution in [2.75, 3.05) is 47.5 Å². The van der Waals surface area contributed by atoms with Gasteiger partial charge in [-0.05, 0) is 96.3 Å². The second-order valence-corrected chi connectivity index (χ2v) is 24.2. The van der Waals surface area contributed by atoms with Crippen LogP contribution in [-0.2, 0) is 32.7 Å². The molecular formula is C72H122NO8P. The number of phosphoric ester groups is 1. The van der Waals surface area contributed by atoms with E-state index in [1.807, 2.05) is 21.1 Å². The second kappa shape index (κ2) is 61.7. The highest BCUT2D eigenvalue weighted by Gasteiger charge is 2.22. The van der Waals surface area contributed by atoms with E-state index in [1.165, 1.54) is 103 Å². The van der Waals surface area contributed by atoms with E-state index in [0.29, 0.717) is 17.4 Å². The molecule has 0 aromatic rings. The van der Waals surface area contributed by atoms with E-state index >= 15 is 0 Å². The maximum atomic E-state index is 12.8. The molecule has 0 spiro atoms. The molecular weight excluding hydrogens is 1040 g/mol. The van der Waals surface area contributed by atoms with Gasteiger partial charge in [-0.3, -0.25) is 14.2 Å². The number of nitrogens with zero attached hydrogens (tertiary/aromatic N) is 1. The number of phosphoric acid groups is 1. The molecule has 0 bridgehead atoms. The molecule has 0 amide bonds. The monoisotopic (exact) mass is 1160 g/mol. The van der Waals surface area contributed by atoms with Crippen LogP contribution in [0.5, 0.6) is 0 Å². The average Bonchev–Trinajstić information content (AvgIpc) is 3.46. The summed E-state index contributed by atoms with van der Waals surface area (Å²) in [6.07, 6.45) is 89.4. The zero-order chi connectivity index (χ0) is 59.8. The molecule has 0 aromatic carbocycles. The smallest absolute Gasteiger partial charge is 0.306 e. The molecule has 0 N–H and O–H groups in total. The summed E-state index contributed by atoms with van der Waals surface area (Å²) in [5, 5.41) is 0. The molecule has 10 heteroatoms. The summed E-state index contributed by atoms with van der Waals surface area (Å²) in [5.74, 6) is -0.856. The SMILES string of the molecule is CC/C=C\C/C=C\C/C=C\C/C=C\C/C=C\C/C=C\C/C=C\C/C=C\C/C=C\C/C=C\C/C=C\CCCCCCCC(=O)OC(COC(=O)CCCCCCCCCCCCCCCCCCCCC)COP(=O)([O-])OCC[N+](C)(C)C. The number of ether oxygens (including phenoxy) is 2. The Morgan fingerprint density at radius 1 is 0.390 bits per heavy atom. The molecule has 9 nitrogen and oxygen atoms in total. The molecule has 0 radical (unpaired) electrons. The van der Waals surface area contributed by atoms with E-state index < -0.39 is 26.5 Å². The topological polar surface area (TPSA) is 111 Å². The lowest BCUT2D eigenvalue weighted by molar-refractivity contribution is -0.870. The van der Waals surface area contributed by atoms with Crippen molar-refractivity contribution in [3.63, 3.8) is 0 Å². The molecule has 0 fully saturated rings. The van der Waals surface area contributed by atoms with Gasteiger partial charge in [-0.1, -0.05) is 282 Å². The second-order valence-electron chi connectivity index (χ2n) is 22.8. The first-order valence-electron chi connectivity index (χ1n) is 32.9. The summed E-state index contributed by atoms with van der Waals surface area (Å²) in [6.45, 7) is 4.11. The van der Waals surface area contributed by atoms with Crippen LogP contribution in [0.15, 0.2) is 134 Å². The predicted octanol–water partition coefficient (Wildman–Crippen LogP) is 20.6. The summed E-state index contributed by atoms with van der Waals surface area (Å²) >= 11 is 0. The summed E-state index contributed by atoms with van der Waals surface area (Å²) in [7, 11) is 1.14. The van der Waals surface area contributed by atoms with Gasteiger partial charge in [0.15, 0.2) is 6.10 Å². The van der Waals surface area contributed by atoms with Crippen LogP contribution in [0.3, 0.4) is 0 Å². The Kier molecular flexibility index (Phi) is 58.8. The molecule has 82 heavy (non-hydrogen) atoms. The highest BCUT2D eigenvalue weighted by molar-refractivity contribution is 7.45. The van der Waals surface area contributed by atoms with Crippen LogP contribution >= 0.6 is 7.82 Å². The van der Waals surface area contributed by atoms with Gasteiger partial charge in [-0.15, -0.1) is 0 Å². The largest absolute Gasteiger partial charge is 0.756 e. The number of likely N-dealkylation sites (N-methyl/N-ethyl adjacent to an activating group) is 1. The van der Waals surface area contributed by atoms with E-state index in [0.717, 1.165) is 122 Å². The number of unbranched alkanes of at least 4 members (excludes halogenated alkanes) is 23. The summed E-state index contributed by atoms with van der Waals surface area (Å²) in [5.41, 5.74) is 0. The average molecular weight is 1160 g/mol. The van der Waals surface area contributed by atoms with Crippen molar-refractivity contribution >= 4 is 19.8 Å². The molecule has 0 aliphatic carbocycles. The molecule has 0 aliphatic rings. The van der Waals surface area contributed by atoms with Gasteiger partial charge in [-0.25, -0.2) is 0 Å². The van der Waals surface area contributed by atoms with Crippen molar-refractivity contribution in [1.82, 2.24) is 0 Å². The Bertz CT molecular complexity index is 1850. The van der Waals surface area contributed by atoms with E-state index in [2.05, 4.69) is 148 Å². The van der Waals surface area contributed by atoms with Crippen molar-refractivity contribution in [3.05, 3.63) is 134 Å². The number of rotatable bonds is 59. The normalized spacial score (nSPS) is 14.1. The number of carbonyl (C=O) groups is 2. The maximum absolute atomic E-state index is 12.8. The lowest BCUT2D eigenvalue weighted by atomic mass is 10.0. The zero-order valence-electron chi connectivity index (χ0n) is 53.1. The minimum atomic E-state index is -4.65. The van der Waals surface area contributed by atoms with Crippen molar-refractivity contribution in [2.24, 2.45) is 0 Å². The maximum Gasteiger partial charge on any atom is 0.306 e. The standard InChI is InChI=1S/C72H122NO8P/c1-6-8-10-12-14-16-18-20-22-24-26-27-28-29-30-31-32-33-34-35-36-37-38-39-40-41-42-43-44-45-47-49-51-53-55-57-59-61-63-65-72(75)81-70(69-80-82(76,77)79-67-66-73(3,4)5)68-78-71(74)64-62-60-58-56-54-52-50-48-46-25-23-21-19-17-15-13-11-9-7-2/h8,10,14,16,20,22,26-27,29-30,32-33,35-36,38-39,41-42,44-45,49,51,70H,6-7,9,11-13,15,17-19,21,23-25,28,31,34,37,40,43,46-48,50,52-69H2,1-5H3/b10-8-,16-14-,22-20-,27-26-,30-29-,33-32-,36-35-,39-38-,42-41-,45-44-,51-49-. The Hall–Kier alpha value is -3.85. The van der Waals surface area contributed by atoms with E-state index in [-0.39, 0.29) is 32.0 Å². The minimum Gasteiger partial charge on any atom is -0.756 e. The lowest BCUT2D eigenvalue weighted by Gasteiger charge is -2.28. The summed E-state index contributed by atoms with van der Waals surface area (Å²) in [6, 6.07) is 0. The van der Waals surface area contributed by atoms with Gasteiger partial charge in [-0.2, -0.15) is 0 Å². The van der Waals surface area contributed by atoms with Crippen molar-refractivity contribution in [2.45, 2.75) is 264 Å². The van der Waals surface area contributed by atoms with Crippen LogP contribution < -0.4 is 4.89 Å². The quantitative estimate of drug-likeness (QED) is 0.0195. The number of carbonyl (C=O) groups excluding carboxylic acids is 2. The first-order chi connectivity index (χ1) is 40.0. The number of allylic oxidation sites excluding steroid dienone is 22. The predicted molar refractivity (Wildman–Crippen MR) is 351 cm³/mol.